The van der Waals surface area contributed by atoms with Crippen molar-refractivity contribution >= 4 is 11.9 Å². The van der Waals surface area contributed by atoms with Gasteiger partial charge in [0, 0.05) is 20.1 Å². The van der Waals surface area contributed by atoms with Crippen molar-refractivity contribution in [2.75, 3.05) is 43.6 Å². The van der Waals surface area contributed by atoms with Crippen LogP contribution in [0.2, 0.25) is 0 Å². The lowest BCUT2D eigenvalue weighted by Crippen LogP contribution is -2.48. The number of aromatic nitrogens is 3. The van der Waals surface area contributed by atoms with Crippen LogP contribution in [-0.4, -0.2) is 65.6 Å². The Balaban J connectivity index is 2.23. The number of morpholine rings is 1. The van der Waals surface area contributed by atoms with E-state index in [2.05, 4.69) is 20.3 Å². The maximum Gasteiger partial charge on any atom is 0.323 e. The normalized spacial score (nSPS) is 22.7. The minimum Gasteiger partial charge on any atom is -0.464 e. The Morgan fingerprint density at radius 1 is 1.40 bits per heavy atom. The van der Waals surface area contributed by atoms with E-state index in [-0.39, 0.29) is 18.8 Å². The zero-order chi connectivity index (χ0) is 14.5. The van der Waals surface area contributed by atoms with Crippen molar-refractivity contribution in [2.24, 2.45) is 0 Å². The van der Waals surface area contributed by atoms with Crippen LogP contribution in [0.15, 0.2) is 0 Å². The maximum absolute atomic E-state index is 9.27. The predicted molar refractivity (Wildman–Crippen MR) is 74.2 cm³/mol. The molecule has 0 spiro atoms. The van der Waals surface area contributed by atoms with Gasteiger partial charge in [-0.2, -0.15) is 15.0 Å². The molecule has 112 valence electrons. The van der Waals surface area contributed by atoms with E-state index in [1.54, 1.807) is 7.05 Å². The van der Waals surface area contributed by atoms with Gasteiger partial charge in [-0.15, -0.1) is 0 Å². The summed E-state index contributed by atoms with van der Waals surface area (Å²) in [7, 11) is 1.74. The monoisotopic (exact) mass is 283 g/mol. The summed E-state index contributed by atoms with van der Waals surface area (Å²) in [5, 5.41) is 12.2. The Labute approximate surface area is 118 Å². The summed E-state index contributed by atoms with van der Waals surface area (Å²) in [5.74, 6) is 0.986. The molecule has 1 aliphatic rings. The molecular weight excluding hydrogens is 262 g/mol. The molecule has 0 amide bonds. The van der Waals surface area contributed by atoms with Crippen LogP contribution >= 0.6 is 0 Å². The SMILES string of the molecule is CCOc1nc(NC)nc(N2CC(C)OC(CO)C2)n1. The van der Waals surface area contributed by atoms with Crippen molar-refractivity contribution in [1.29, 1.82) is 0 Å². The number of hydrogen-bond donors (Lipinski definition) is 2. The first-order valence-corrected chi connectivity index (χ1v) is 6.74. The molecule has 0 bridgehead atoms. The third kappa shape index (κ3) is 3.45. The topological polar surface area (TPSA) is 92.6 Å². The number of nitrogens with zero attached hydrogens (tertiary/aromatic N) is 4. The molecule has 2 atom stereocenters. The maximum atomic E-state index is 9.27. The van der Waals surface area contributed by atoms with Gasteiger partial charge < -0.3 is 24.8 Å². The van der Waals surface area contributed by atoms with Gasteiger partial charge in [0.1, 0.15) is 0 Å². The molecule has 2 rings (SSSR count). The highest BCUT2D eigenvalue weighted by Gasteiger charge is 2.27. The van der Waals surface area contributed by atoms with Crippen LogP contribution in [0.25, 0.3) is 0 Å². The largest absolute Gasteiger partial charge is 0.464 e. The number of aliphatic hydroxyl groups excluding tert-OH is 1. The Kier molecular flexibility index (Phi) is 4.91. The fraction of sp³-hybridized carbons (Fsp3) is 0.750. The van der Waals surface area contributed by atoms with Crippen molar-refractivity contribution in [3.63, 3.8) is 0 Å². The van der Waals surface area contributed by atoms with E-state index < -0.39 is 0 Å². The van der Waals surface area contributed by atoms with E-state index in [0.29, 0.717) is 37.6 Å². The number of aliphatic hydroxyl groups is 1. The highest BCUT2D eigenvalue weighted by atomic mass is 16.5. The molecule has 8 nitrogen and oxygen atoms in total. The summed E-state index contributed by atoms with van der Waals surface area (Å²) >= 11 is 0. The first-order chi connectivity index (χ1) is 9.66. The Bertz CT molecular complexity index is 445. The van der Waals surface area contributed by atoms with Gasteiger partial charge in [-0.25, -0.2) is 0 Å². The standard InChI is InChI=1S/C12H21N5O3/c1-4-19-12-15-10(13-3)14-11(16-12)17-5-8(2)20-9(6-17)7-18/h8-9,18H,4-7H2,1-3H3,(H,13,14,15,16). The fourth-order valence-corrected chi connectivity index (χ4v) is 2.10. The lowest BCUT2D eigenvalue weighted by molar-refractivity contribution is -0.0425. The summed E-state index contributed by atoms with van der Waals surface area (Å²) < 4.78 is 11.0. The van der Waals surface area contributed by atoms with Crippen LogP contribution in [0.1, 0.15) is 13.8 Å². The number of hydrogen-bond acceptors (Lipinski definition) is 8. The quantitative estimate of drug-likeness (QED) is 0.774. The van der Waals surface area contributed by atoms with Gasteiger partial charge in [0.05, 0.1) is 25.4 Å². The van der Waals surface area contributed by atoms with E-state index in [9.17, 15) is 5.11 Å². The second-order valence-electron chi connectivity index (χ2n) is 4.58. The van der Waals surface area contributed by atoms with Gasteiger partial charge in [0.25, 0.3) is 0 Å². The number of rotatable bonds is 5. The zero-order valence-corrected chi connectivity index (χ0v) is 12.0. The van der Waals surface area contributed by atoms with Crippen molar-refractivity contribution in [2.45, 2.75) is 26.1 Å². The average Bonchev–Trinajstić information content (AvgIpc) is 2.46. The molecule has 1 aliphatic heterocycles. The Hall–Kier alpha value is -1.67. The molecule has 0 aliphatic carbocycles. The molecule has 1 fully saturated rings. The molecule has 0 aromatic carbocycles. The summed E-state index contributed by atoms with van der Waals surface area (Å²) in [6.07, 6.45) is -0.227. The second kappa shape index (κ2) is 6.67. The summed E-state index contributed by atoms with van der Waals surface area (Å²) in [6, 6.07) is 0.293. The van der Waals surface area contributed by atoms with Gasteiger partial charge in [-0.1, -0.05) is 0 Å². The Morgan fingerprint density at radius 3 is 2.85 bits per heavy atom. The summed E-state index contributed by atoms with van der Waals surface area (Å²) in [5.41, 5.74) is 0. The molecule has 1 saturated heterocycles. The minimum absolute atomic E-state index is 0.00578. The van der Waals surface area contributed by atoms with Gasteiger partial charge in [-0.3, -0.25) is 0 Å². The minimum atomic E-state index is -0.232. The average molecular weight is 283 g/mol. The third-order valence-corrected chi connectivity index (χ3v) is 2.91. The van der Waals surface area contributed by atoms with E-state index in [1.165, 1.54) is 0 Å². The lowest BCUT2D eigenvalue weighted by atomic mass is 10.2. The molecule has 8 heteroatoms. The van der Waals surface area contributed by atoms with E-state index in [1.807, 2.05) is 18.7 Å². The highest BCUT2D eigenvalue weighted by molar-refractivity contribution is 5.38. The zero-order valence-electron chi connectivity index (χ0n) is 12.0. The van der Waals surface area contributed by atoms with E-state index in [4.69, 9.17) is 9.47 Å². The summed E-state index contributed by atoms with van der Waals surface area (Å²) in [6.45, 7) is 5.50. The molecule has 1 aromatic rings. The fourth-order valence-electron chi connectivity index (χ4n) is 2.10. The molecule has 2 N–H and O–H groups in total. The molecule has 1 aromatic heterocycles. The Morgan fingerprint density at radius 2 is 2.20 bits per heavy atom. The first-order valence-electron chi connectivity index (χ1n) is 6.74. The first kappa shape index (κ1) is 14.7. The van der Waals surface area contributed by atoms with Crippen LogP contribution in [-0.2, 0) is 4.74 Å². The number of ether oxygens (including phenoxy) is 2. The summed E-state index contributed by atoms with van der Waals surface area (Å²) in [4.78, 5) is 14.7. The van der Waals surface area contributed by atoms with Crippen molar-refractivity contribution < 1.29 is 14.6 Å². The number of nitrogens with one attached hydrogen (secondary N) is 1. The van der Waals surface area contributed by atoms with E-state index >= 15 is 0 Å². The number of anilines is 2. The predicted octanol–water partition coefficient (Wildman–Crippen LogP) is -0.102. The van der Waals surface area contributed by atoms with Crippen LogP contribution in [0.5, 0.6) is 6.01 Å². The van der Waals surface area contributed by atoms with Crippen molar-refractivity contribution in [3.05, 3.63) is 0 Å². The molecule has 20 heavy (non-hydrogen) atoms. The molecule has 2 unspecified atom stereocenters. The lowest BCUT2D eigenvalue weighted by Gasteiger charge is -2.36. The van der Waals surface area contributed by atoms with Crippen LogP contribution < -0.4 is 15.0 Å². The highest BCUT2D eigenvalue weighted by Crippen LogP contribution is 2.19. The third-order valence-electron chi connectivity index (χ3n) is 2.91. The molecular formula is C12H21N5O3. The molecule has 0 radical (unpaired) electrons. The van der Waals surface area contributed by atoms with Gasteiger partial charge in [-0.05, 0) is 13.8 Å². The van der Waals surface area contributed by atoms with Crippen molar-refractivity contribution in [3.8, 4) is 6.01 Å². The van der Waals surface area contributed by atoms with Crippen molar-refractivity contribution in [1.82, 2.24) is 15.0 Å². The smallest absolute Gasteiger partial charge is 0.323 e. The molecule has 2 heterocycles. The van der Waals surface area contributed by atoms with Gasteiger partial charge in [0.15, 0.2) is 0 Å². The van der Waals surface area contributed by atoms with Gasteiger partial charge >= 0.3 is 6.01 Å². The van der Waals surface area contributed by atoms with Crippen LogP contribution in [0, 0.1) is 0 Å². The van der Waals surface area contributed by atoms with Crippen LogP contribution in [0.4, 0.5) is 11.9 Å². The second-order valence-corrected chi connectivity index (χ2v) is 4.58. The molecule has 0 saturated carbocycles. The van der Waals surface area contributed by atoms with Gasteiger partial charge in [0.2, 0.25) is 11.9 Å². The van der Waals surface area contributed by atoms with E-state index in [0.717, 1.165) is 0 Å². The van der Waals surface area contributed by atoms with Crippen LogP contribution in [0.3, 0.4) is 0 Å².